The van der Waals surface area contributed by atoms with Crippen LogP contribution in [0.1, 0.15) is 13.8 Å². The van der Waals surface area contributed by atoms with E-state index in [4.69, 9.17) is 10.5 Å². The Bertz CT molecular complexity index is 141. The fourth-order valence-corrected chi connectivity index (χ4v) is 1.19. The normalized spacial score (nSPS) is 35.0. The Balaban J connectivity index is 2.30. The van der Waals surface area contributed by atoms with E-state index in [-0.39, 0.29) is 24.2 Å². The molecule has 1 aliphatic rings. The minimum atomic E-state index is -0.383. The van der Waals surface area contributed by atoms with Crippen molar-refractivity contribution in [3.8, 4) is 0 Å². The van der Waals surface area contributed by atoms with Gasteiger partial charge in [-0.2, -0.15) is 0 Å². The van der Waals surface area contributed by atoms with Crippen molar-refractivity contribution in [2.75, 3.05) is 13.2 Å². The van der Waals surface area contributed by atoms with Crippen LogP contribution < -0.4 is 11.1 Å². The molecular formula is C8H18N2O2. The van der Waals surface area contributed by atoms with E-state index < -0.39 is 0 Å². The molecule has 4 heteroatoms. The summed E-state index contributed by atoms with van der Waals surface area (Å²) in [4.78, 5) is 0. The van der Waals surface area contributed by atoms with Crippen LogP contribution in [0.2, 0.25) is 0 Å². The molecule has 0 aromatic carbocycles. The summed E-state index contributed by atoms with van der Waals surface area (Å²) in [6.45, 7) is 4.97. The highest BCUT2D eigenvalue weighted by atomic mass is 16.5. The van der Waals surface area contributed by atoms with Gasteiger partial charge in [0.05, 0.1) is 25.4 Å². The third-order valence-corrected chi connectivity index (χ3v) is 2.32. The van der Waals surface area contributed by atoms with Crippen LogP contribution in [0.15, 0.2) is 0 Å². The van der Waals surface area contributed by atoms with Crippen molar-refractivity contribution in [2.45, 2.75) is 38.1 Å². The lowest BCUT2D eigenvalue weighted by molar-refractivity contribution is 0.121. The summed E-state index contributed by atoms with van der Waals surface area (Å²) in [6, 6.07) is 0.357. The molecule has 1 aliphatic heterocycles. The van der Waals surface area contributed by atoms with Crippen molar-refractivity contribution in [3.63, 3.8) is 0 Å². The minimum absolute atomic E-state index is 0.0472. The largest absolute Gasteiger partial charge is 0.389 e. The minimum Gasteiger partial charge on any atom is -0.389 e. The average Bonchev–Trinajstić information content (AvgIpc) is 2.36. The van der Waals surface area contributed by atoms with Crippen molar-refractivity contribution < 1.29 is 9.84 Å². The van der Waals surface area contributed by atoms with Crippen LogP contribution >= 0.6 is 0 Å². The first kappa shape index (κ1) is 9.92. The Labute approximate surface area is 73.1 Å². The zero-order valence-electron chi connectivity index (χ0n) is 7.66. The van der Waals surface area contributed by atoms with Crippen LogP contribution in [0.4, 0.5) is 0 Å². The van der Waals surface area contributed by atoms with Gasteiger partial charge in [-0.1, -0.05) is 0 Å². The van der Waals surface area contributed by atoms with Gasteiger partial charge in [0.15, 0.2) is 0 Å². The second-order valence-corrected chi connectivity index (χ2v) is 3.53. The van der Waals surface area contributed by atoms with Gasteiger partial charge in [-0.15, -0.1) is 0 Å². The highest BCUT2D eigenvalue weighted by Crippen LogP contribution is 2.06. The van der Waals surface area contributed by atoms with E-state index in [1.54, 1.807) is 0 Å². The number of hydrogen-bond donors (Lipinski definition) is 3. The Hall–Kier alpha value is -0.160. The Morgan fingerprint density at radius 1 is 1.50 bits per heavy atom. The summed E-state index contributed by atoms with van der Waals surface area (Å²) in [5, 5.41) is 12.6. The van der Waals surface area contributed by atoms with Crippen LogP contribution in [0.25, 0.3) is 0 Å². The van der Waals surface area contributed by atoms with Crippen molar-refractivity contribution in [1.82, 2.24) is 5.32 Å². The van der Waals surface area contributed by atoms with Crippen LogP contribution in [-0.2, 0) is 4.74 Å². The maximum atomic E-state index is 9.39. The first-order chi connectivity index (χ1) is 5.61. The van der Waals surface area contributed by atoms with Crippen LogP contribution in [-0.4, -0.2) is 42.5 Å². The van der Waals surface area contributed by atoms with E-state index in [0.29, 0.717) is 13.2 Å². The van der Waals surface area contributed by atoms with Gasteiger partial charge in [0.1, 0.15) is 0 Å². The van der Waals surface area contributed by atoms with E-state index in [2.05, 4.69) is 5.32 Å². The van der Waals surface area contributed by atoms with Gasteiger partial charge in [0.2, 0.25) is 0 Å². The predicted molar refractivity (Wildman–Crippen MR) is 46.9 cm³/mol. The molecule has 0 aliphatic carbocycles. The molecule has 0 spiro atoms. The fraction of sp³-hybridized carbons (Fsp3) is 1.00. The van der Waals surface area contributed by atoms with Crippen LogP contribution in [0.5, 0.6) is 0 Å². The van der Waals surface area contributed by atoms with Crippen LogP contribution in [0, 0.1) is 0 Å². The maximum Gasteiger partial charge on any atom is 0.0948 e. The molecule has 4 N–H and O–H groups in total. The number of rotatable bonds is 3. The molecule has 1 saturated heterocycles. The summed E-state index contributed by atoms with van der Waals surface area (Å²) in [5.41, 5.74) is 5.67. The summed E-state index contributed by atoms with van der Waals surface area (Å²) < 4.78 is 5.10. The van der Waals surface area contributed by atoms with E-state index in [9.17, 15) is 5.11 Å². The van der Waals surface area contributed by atoms with Gasteiger partial charge >= 0.3 is 0 Å². The third kappa shape index (κ3) is 2.42. The monoisotopic (exact) mass is 174 g/mol. The van der Waals surface area contributed by atoms with E-state index in [0.717, 1.165) is 0 Å². The molecule has 0 saturated carbocycles. The second kappa shape index (κ2) is 4.18. The van der Waals surface area contributed by atoms with Crippen molar-refractivity contribution in [3.05, 3.63) is 0 Å². The van der Waals surface area contributed by atoms with E-state index in [1.807, 2.05) is 13.8 Å². The summed E-state index contributed by atoms with van der Waals surface area (Å²) in [6.07, 6.45) is -0.383. The van der Waals surface area contributed by atoms with Gasteiger partial charge in [-0.05, 0) is 13.8 Å². The van der Waals surface area contributed by atoms with Crippen molar-refractivity contribution in [2.24, 2.45) is 5.73 Å². The molecule has 1 fully saturated rings. The van der Waals surface area contributed by atoms with Crippen LogP contribution in [0.3, 0.4) is 0 Å². The predicted octanol–water partition coefficient (Wildman–Crippen LogP) is -0.929. The molecule has 0 aromatic heterocycles. The number of nitrogens with two attached hydrogens (primary N) is 1. The van der Waals surface area contributed by atoms with Gasteiger partial charge < -0.3 is 20.9 Å². The molecule has 0 aromatic rings. The van der Waals surface area contributed by atoms with Gasteiger partial charge in [-0.3, -0.25) is 0 Å². The number of aliphatic hydroxyl groups excluding tert-OH is 1. The Kier molecular flexibility index (Phi) is 3.46. The molecule has 1 rings (SSSR count). The molecular weight excluding hydrogens is 156 g/mol. The molecule has 0 amide bonds. The molecule has 0 bridgehead atoms. The number of ether oxygens (including phenoxy) is 1. The maximum absolute atomic E-state index is 9.39. The molecule has 4 nitrogen and oxygen atoms in total. The number of aliphatic hydroxyl groups is 1. The van der Waals surface area contributed by atoms with E-state index in [1.165, 1.54) is 0 Å². The SMILES string of the molecule is CC(N)C(C)N[C@@H]1COC[C@H]1O. The highest BCUT2D eigenvalue weighted by Gasteiger charge is 2.27. The Morgan fingerprint density at radius 2 is 2.17 bits per heavy atom. The quantitative estimate of drug-likeness (QED) is 0.517. The number of nitrogens with one attached hydrogen (secondary N) is 1. The second-order valence-electron chi connectivity index (χ2n) is 3.53. The third-order valence-electron chi connectivity index (χ3n) is 2.32. The smallest absolute Gasteiger partial charge is 0.0948 e. The number of hydrogen-bond acceptors (Lipinski definition) is 4. The molecule has 12 heavy (non-hydrogen) atoms. The van der Waals surface area contributed by atoms with Gasteiger partial charge in [0.25, 0.3) is 0 Å². The van der Waals surface area contributed by atoms with Gasteiger partial charge in [0, 0.05) is 12.1 Å². The van der Waals surface area contributed by atoms with Gasteiger partial charge in [-0.25, -0.2) is 0 Å². The Morgan fingerprint density at radius 3 is 2.58 bits per heavy atom. The zero-order chi connectivity index (χ0) is 9.14. The zero-order valence-corrected chi connectivity index (χ0v) is 7.66. The van der Waals surface area contributed by atoms with Crippen molar-refractivity contribution in [1.29, 1.82) is 0 Å². The molecule has 4 atom stereocenters. The highest BCUT2D eigenvalue weighted by molar-refractivity contribution is 4.84. The lowest BCUT2D eigenvalue weighted by Gasteiger charge is -2.23. The topological polar surface area (TPSA) is 67.5 Å². The standard InChI is InChI=1S/C8H18N2O2/c1-5(9)6(2)10-7-3-12-4-8(7)11/h5-8,10-11H,3-4,9H2,1-2H3/t5?,6?,7-,8-/m1/s1. The lowest BCUT2D eigenvalue weighted by atomic mass is 10.1. The first-order valence-corrected chi connectivity index (χ1v) is 4.38. The molecule has 0 radical (unpaired) electrons. The van der Waals surface area contributed by atoms with Crippen molar-refractivity contribution >= 4 is 0 Å². The average molecular weight is 174 g/mol. The fourth-order valence-electron chi connectivity index (χ4n) is 1.19. The molecule has 1 heterocycles. The molecule has 2 unspecified atom stereocenters. The lowest BCUT2D eigenvalue weighted by Crippen LogP contribution is -2.50. The summed E-state index contributed by atoms with van der Waals surface area (Å²) in [5.74, 6) is 0. The first-order valence-electron chi connectivity index (χ1n) is 4.38. The summed E-state index contributed by atoms with van der Waals surface area (Å²) in [7, 11) is 0. The van der Waals surface area contributed by atoms with E-state index >= 15 is 0 Å². The molecule has 72 valence electrons. The summed E-state index contributed by atoms with van der Waals surface area (Å²) >= 11 is 0.